The fraction of sp³-hybridized carbons (Fsp3) is 0.600. The average Bonchev–Trinajstić information content (AvgIpc) is 3.19. The third kappa shape index (κ3) is 9.06. The molecule has 0 unspecified atom stereocenters. The number of aromatic nitrogens is 2. The number of carbonyl (C=O) groups excluding carboxylic acids is 1. The van der Waals surface area contributed by atoms with Gasteiger partial charge in [0.25, 0.3) is 0 Å². The smallest absolute Gasteiger partial charge is 0.322 e. The van der Waals surface area contributed by atoms with E-state index in [-0.39, 0.29) is 11.6 Å². The van der Waals surface area contributed by atoms with Gasteiger partial charge in [-0.15, -0.1) is 0 Å². The van der Waals surface area contributed by atoms with E-state index in [0.29, 0.717) is 44.5 Å². The minimum absolute atomic E-state index is 0.159. The second-order valence-electron chi connectivity index (χ2n) is 9.65. The third-order valence-electron chi connectivity index (χ3n) is 5.75. The van der Waals surface area contributed by atoms with Crippen LogP contribution in [0.15, 0.2) is 36.7 Å². The Labute approximate surface area is 198 Å². The van der Waals surface area contributed by atoms with E-state index in [0.717, 1.165) is 17.7 Å². The molecule has 0 aliphatic rings. The molecule has 33 heavy (non-hydrogen) atoms. The van der Waals surface area contributed by atoms with Crippen LogP contribution in [0.25, 0.3) is 0 Å². The second-order valence-corrected chi connectivity index (χ2v) is 9.65. The van der Waals surface area contributed by atoms with Gasteiger partial charge in [-0.3, -0.25) is 4.68 Å². The normalized spacial score (nSPS) is 11.8. The Kier molecular flexibility index (Phi) is 10.2. The highest BCUT2D eigenvalue weighted by Crippen LogP contribution is 2.19. The molecule has 1 heterocycles. The molecule has 0 atom stereocenters. The summed E-state index contributed by atoms with van der Waals surface area (Å²) in [6.07, 6.45) is 4.50. The Morgan fingerprint density at radius 3 is 2.48 bits per heavy atom. The molecule has 8 heteroatoms. The molecule has 2 rings (SSSR count). The summed E-state index contributed by atoms with van der Waals surface area (Å²) in [6.45, 7) is 11.6. The molecule has 0 fully saturated rings. The summed E-state index contributed by atoms with van der Waals surface area (Å²) >= 11 is 0. The van der Waals surface area contributed by atoms with Crippen LogP contribution in [0, 0.1) is 5.92 Å². The lowest BCUT2D eigenvalue weighted by molar-refractivity contribution is 0.129. The van der Waals surface area contributed by atoms with Crippen molar-refractivity contribution in [2.75, 3.05) is 46.3 Å². The molecule has 2 amide bonds. The van der Waals surface area contributed by atoms with Gasteiger partial charge in [0, 0.05) is 31.9 Å². The van der Waals surface area contributed by atoms with Crippen molar-refractivity contribution in [1.29, 1.82) is 0 Å². The first-order valence-electron chi connectivity index (χ1n) is 11.6. The van der Waals surface area contributed by atoms with Crippen LogP contribution >= 0.6 is 0 Å². The highest BCUT2D eigenvalue weighted by atomic mass is 16.5. The van der Waals surface area contributed by atoms with Crippen LogP contribution in [0.3, 0.4) is 0 Å². The van der Waals surface area contributed by atoms with E-state index in [1.165, 1.54) is 0 Å². The third-order valence-corrected chi connectivity index (χ3v) is 5.75. The summed E-state index contributed by atoms with van der Waals surface area (Å²) in [6, 6.07) is 7.84. The lowest BCUT2D eigenvalue weighted by atomic mass is 10.0. The Morgan fingerprint density at radius 2 is 1.88 bits per heavy atom. The molecule has 8 nitrogen and oxygen atoms in total. The quantitative estimate of drug-likeness (QED) is 0.483. The van der Waals surface area contributed by atoms with Crippen molar-refractivity contribution < 1.29 is 14.3 Å². The van der Waals surface area contributed by atoms with E-state index in [2.05, 4.69) is 43.0 Å². The predicted octanol–water partition coefficient (Wildman–Crippen LogP) is 4.33. The van der Waals surface area contributed by atoms with Crippen LogP contribution in [0.4, 0.5) is 10.5 Å². The molecule has 0 saturated carbocycles. The number of hydrogen-bond donors (Lipinski definition) is 1. The standard InChI is InChI=1S/C25H41N5O3/c1-20(2)12-14-33-23-10-8-21(9-11-23)17-29(19-25(3,4)28(5)6)24(31)27-22-16-26-30(18-22)13-15-32-7/h8-11,16,18,20H,12-15,17,19H2,1-7H3,(H,27,31). The van der Waals surface area contributed by atoms with Crippen molar-refractivity contribution >= 4 is 11.7 Å². The van der Waals surface area contributed by atoms with Gasteiger partial charge in [-0.1, -0.05) is 26.0 Å². The number of nitrogens with one attached hydrogen (secondary N) is 1. The lowest BCUT2D eigenvalue weighted by Crippen LogP contribution is -2.50. The number of anilines is 1. The van der Waals surface area contributed by atoms with Gasteiger partial charge in [-0.05, 0) is 58.0 Å². The summed E-state index contributed by atoms with van der Waals surface area (Å²) in [4.78, 5) is 17.2. The first kappa shape index (κ1) is 26.7. The monoisotopic (exact) mass is 459 g/mol. The lowest BCUT2D eigenvalue weighted by Gasteiger charge is -2.37. The van der Waals surface area contributed by atoms with Crippen LogP contribution in [-0.2, 0) is 17.8 Å². The number of likely N-dealkylation sites (N-methyl/N-ethyl adjacent to an activating group) is 1. The first-order valence-corrected chi connectivity index (χ1v) is 11.6. The maximum Gasteiger partial charge on any atom is 0.322 e. The van der Waals surface area contributed by atoms with Crippen LogP contribution in [0.5, 0.6) is 5.75 Å². The fourth-order valence-corrected chi connectivity index (χ4v) is 3.07. The van der Waals surface area contributed by atoms with Crippen LogP contribution < -0.4 is 10.1 Å². The van der Waals surface area contributed by atoms with Crippen molar-refractivity contribution in [3.05, 3.63) is 42.2 Å². The van der Waals surface area contributed by atoms with E-state index >= 15 is 0 Å². The minimum atomic E-state index is -0.195. The van der Waals surface area contributed by atoms with Crippen molar-refractivity contribution in [1.82, 2.24) is 19.6 Å². The Hall–Kier alpha value is -2.58. The summed E-state index contributed by atoms with van der Waals surface area (Å²) in [5.41, 5.74) is 1.52. The number of methoxy groups -OCH3 is 1. The highest BCUT2D eigenvalue weighted by Gasteiger charge is 2.27. The van der Waals surface area contributed by atoms with Gasteiger partial charge in [0.05, 0.1) is 31.6 Å². The van der Waals surface area contributed by atoms with Gasteiger partial charge in [0.1, 0.15) is 5.75 Å². The molecule has 0 aliphatic carbocycles. The molecule has 2 aromatic rings. The Morgan fingerprint density at radius 1 is 1.18 bits per heavy atom. The second kappa shape index (κ2) is 12.6. The van der Waals surface area contributed by atoms with Crippen LogP contribution in [0.1, 0.15) is 39.7 Å². The number of amides is 2. The largest absolute Gasteiger partial charge is 0.494 e. The zero-order chi connectivity index (χ0) is 24.4. The van der Waals surface area contributed by atoms with Gasteiger partial charge in [0.15, 0.2) is 0 Å². The van der Waals surface area contributed by atoms with E-state index in [1.54, 1.807) is 18.0 Å². The average molecular weight is 460 g/mol. The van der Waals surface area contributed by atoms with E-state index < -0.39 is 0 Å². The highest BCUT2D eigenvalue weighted by molar-refractivity contribution is 5.89. The molecule has 0 saturated heterocycles. The first-order chi connectivity index (χ1) is 15.6. The number of nitrogens with zero attached hydrogens (tertiary/aromatic N) is 4. The predicted molar refractivity (Wildman–Crippen MR) is 133 cm³/mol. The topological polar surface area (TPSA) is 71.9 Å². The molecule has 0 spiro atoms. The minimum Gasteiger partial charge on any atom is -0.494 e. The molecular weight excluding hydrogens is 418 g/mol. The maximum absolute atomic E-state index is 13.2. The van der Waals surface area contributed by atoms with Crippen molar-refractivity contribution in [2.24, 2.45) is 5.92 Å². The van der Waals surface area contributed by atoms with Gasteiger partial charge in [-0.2, -0.15) is 5.10 Å². The molecule has 1 aromatic carbocycles. The number of ether oxygens (including phenoxy) is 2. The Bertz CT molecular complexity index is 846. The number of rotatable bonds is 13. The van der Waals surface area contributed by atoms with Crippen molar-refractivity contribution in [3.63, 3.8) is 0 Å². The number of hydrogen-bond acceptors (Lipinski definition) is 5. The summed E-state index contributed by atoms with van der Waals surface area (Å²) in [7, 11) is 5.71. The van der Waals surface area contributed by atoms with Crippen LogP contribution in [-0.4, -0.2) is 72.1 Å². The number of urea groups is 1. The molecule has 1 N–H and O–H groups in total. The van der Waals surface area contributed by atoms with Crippen molar-refractivity contribution in [2.45, 2.75) is 52.7 Å². The SMILES string of the molecule is COCCn1cc(NC(=O)N(Cc2ccc(OCCC(C)C)cc2)CC(C)(C)N(C)C)cn1. The fourth-order valence-electron chi connectivity index (χ4n) is 3.07. The molecule has 0 bridgehead atoms. The Balaban J connectivity index is 2.08. The van der Waals surface area contributed by atoms with E-state index in [9.17, 15) is 4.79 Å². The molecule has 0 radical (unpaired) electrons. The van der Waals surface area contributed by atoms with Gasteiger partial charge in [0.2, 0.25) is 0 Å². The number of carbonyl (C=O) groups is 1. The molecule has 1 aromatic heterocycles. The summed E-state index contributed by atoms with van der Waals surface area (Å²) in [5.74, 6) is 1.47. The molecule has 184 valence electrons. The molecular formula is C25H41N5O3. The summed E-state index contributed by atoms with van der Waals surface area (Å²) < 4.78 is 12.7. The van der Waals surface area contributed by atoms with Gasteiger partial charge in [-0.25, -0.2) is 4.79 Å². The van der Waals surface area contributed by atoms with E-state index in [1.807, 2.05) is 49.5 Å². The van der Waals surface area contributed by atoms with E-state index in [4.69, 9.17) is 9.47 Å². The maximum atomic E-state index is 13.2. The zero-order valence-corrected chi connectivity index (χ0v) is 21.3. The zero-order valence-electron chi connectivity index (χ0n) is 21.3. The summed E-state index contributed by atoms with van der Waals surface area (Å²) in [5, 5.41) is 7.27. The molecule has 0 aliphatic heterocycles. The van der Waals surface area contributed by atoms with Gasteiger partial charge >= 0.3 is 6.03 Å². The van der Waals surface area contributed by atoms with Crippen LogP contribution in [0.2, 0.25) is 0 Å². The van der Waals surface area contributed by atoms with Gasteiger partial charge < -0.3 is 24.6 Å². The number of benzene rings is 1. The van der Waals surface area contributed by atoms with Crippen molar-refractivity contribution in [3.8, 4) is 5.75 Å².